The number of nitroso groups, excluding NO2 is 1. The molecule has 0 amide bonds. The molecule has 1 aromatic rings. The van der Waals surface area contributed by atoms with Crippen molar-refractivity contribution in [2.24, 2.45) is 5.18 Å². The highest BCUT2D eigenvalue weighted by Crippen LogP contribution is 2.29. The summed E-state index contributed by atoms with van der Waals surface area (Å²) >= 11 is 0. The zero-order chi connectivity index (χ0) is 14.4. The van der Waals surface area contributed by atoms with E-state index in [1.165, 1.54) is 0 Å². The Kier molecular flexibility index (Phi) is 5.48. The first-order chi connectivity index (χ1) is 9.01. The van der Waals surface area contributed by atoms with E-state index in [2.05, 4.69) is 5.18 Å². The predicted molar refractivity (Wildman–Crippen MR) is 72.3 cm³/mol. The second-order valence-corrected chi connectivity index (χ2v) is 4.32. The van der Waals surface area contributed by atoms with Gasteiger partial charge in [-0.05, 0) is 49.9 Å². The number of carbonyl (C=O) groups is 1. The fraction of sp³-hybridized carbons (Fsp3) is 0.500. The second-order valence-electron chi connectivity index (χ2n) is 4.32. The zero-order valence-corrected chi connectivity index (χ0v) is 11.8. The van der Waals surface area contributed by atoms with E-state index in [4.69, 9.17) is 9.47 Å². The summed E-state index contributed by atoms with van der Waals surface area (Å²) < 4.78 is 10.3. The van der Waals surface area contributed by atoms with Crippen molar-refractivity contribution in [3.63, 3.8) is 0 Å². The summed E-state index contributed by atoms with van der Waals surface area (Å²) in [6.45, 7) is 7.73. The van der Waals surface area contributed by atoms with Crippen molar-refractivity contribution in [2.45, 2.75) is 34.2 Å². The van der Waals surface area contributed by atoms with Crippen LogP contribution >= 0.6 is 0 Å². The molecule has 0 fully saturated rings. The maximum absolute atomic E-state index is 11.3. The molecule has 0 N–H and O–H groups in total. The zero-order valence-electron chi connectivity index (χ0n) is 11.8. The lowest BCUT2D eigenvalue weighted by molar-refractivity contribution is -0.145. The van der Waals surface area contributed by atoms with Crippen molar-refractivity contribution in [3.05, 3.63) is 33.2 Å². The molecule has 0 aliphatic rings. The smallest absolute Gasteiger partial charge is 0.344 e. The van der Waals surface area contributed by atoms with E-state index in [9.17, 15) is 9.70 Å². The first-order valence-corrected chi connectivity index (χ1v) is 6.18. The molecule has 0 bridgehead atoms. The largest absolute Gasteiger partial charge is 0.481 e. The molecule has 0 aliphatic carbocycles. The van der Waals surface area contributed by atoms with Gasteiger partial charge in [-0.1, -0.05) is 11.2 Å². The molecule has 5 nitrogen and oxygen atoms in total. The molecule has 0 aliphatic heterocycles. The summed E-state index contributed by atoms with van der Waals surface area (Å²) in [4.78, 5) is 21.8. The van der Waals surface area contributed by atoms with E-state index in [0.717, 1.165) is 22.3 Å². The average Bonchev–Trinajstić information content (AvgIpc) is 2.34. The minimum Gasteiger partial charge on any atom is -0.481 e. The molecule has 0 heterocycles. The molecule has 1 aromatic carbocycles. The van der Waals surface area contributed by atoms with E-state index >= 15 is 0 Å². The van der Waals surface area contributed by atoms with Gasteiger partial charge in [-0.3, -0.25) is 0 Å². The van der Waals surface area contributed by atoms with Gasteiger partial charge in [0, 0.05) is 0 Å². The van der Waals surface area contributed by atoms with E-state index < -0.39 is 5.97 Å². The predicted octanol–water partition coefficient (Wildman–Crippen LogP) is 2.82. The quantitative estimate of drug-likeness (QED) is 0.586. The molecule has 5 heteroatoms. The van der Waals surface area contributed by atoms with Crippen LogP contribution in [0.2, 0.25) is 0 Å². The van der Waals surface area contributed by atoms with Gasteiger partial charge in [0.2, 0.25) is 0 Å². The van der Waals surface area contributed by atoms with Crippen molar-refractivity contribution in [3.8, 4) is 5.75 Å². The molecular formula is C14H19NO4. The fourth-order valence-electron chi connectivity index (χ4n) is 2.07. The number of esters is 1. The van der Waals surface area contributed by atoms with Crippen LogP contribution in [0.3, 0.4) is 0 Å². The third kappa shape index (κ3) is 3.77. The number of rotatable bonds is 6. The molecule has 0 atom stereocenters. The molecule has 0 unspecified atom stereocenters. The van der Waals surface area contributed by atoms with Gasteiger partial charge in [-0.25, -0.2) is 4.79 Å². The lowest BCUT2D eigenvalue weighted by Crippen LogP contribution is -2.16. The Balaban J connectivity index is 2.97. The van der Waals surface area contributed by atoms with E-state index in [1.54, 1.807) is 6.92 Å². The molecule has 0 spiro atoms. The van der Waals surface area contributed by atoms with Crippen LogP contribution < -0.4 is 4.74 Å². The van der Waals surface area contributed by atoms with Crippen LogP contribution in [-0.4, -0.2) is 19.2 Å². The summed E-state index contributed by atoms with van der Waals surface area (Å²) in [5.41, 5.74) is 3.62. The fourth-order valence-corrected chi connectivity index (χ4v) is 2.07. The molecule has 0 aromatic heterocycles. The van der Waals surface area contributed by atoms with E-state index in [-0.39, 0.29) is 13.2 Å². The van der Waals surface area contributed by atoms with Crippen molar-refractivity contribution in [2.75, 3.05) is 13.2 Å². The Hall–Kier alpha value is -1.91. The third-order valence-electron chi connectivity index (χ3n) is 2.92. The Morgan fingerprint density at radius 3 is 2.53 bits per heavy atom. The summed E-state index contributed by atoms with van der Waals surface area (Å²) in [7, 11) is 0. The highest BCUT2D eigenvalue weighted by molar-refractivity contribution is 5.71. The first-order valence-electron chi connectivity index (χ1n) is 6.18. The van der Waals surface area contributed by atoms with Crippen molar-refractivity contribution >= 4 is 5.97 Å². The maximum atomic E-state index is 11.3. The minimum absolute atomic E-state index is 0.105. The Labute approximate surface area is 112 Å². The highest BCUT2D eigenvalue weighted by Gasteiger charge is 2.14. The topological polar surface area (TPSA) is 65.0 Å². The SMILES string of the molecule is CCOC(=O)COc1c(C)cc(C)c(CN=O)c1C. The monoisotopic (exact) mass is 265 g/mol. The van der Waals surface area contributed by atoms with Gasteiger partial charge in [0.15, 0.2) is 6.61 Å². The summed E-state index contributed by atoms with van der Waals surface area (Å²) in [6, 6.07) is 1.92. The molecular weight excluding hydrogens is 246 g/mol. The van der Waals surface area contributed by atoms with Gasteiger partial charge in [0.25, 0.3) is 0 Å². The highest BCUT2D eigenvalue weighted by atomic mass is 16.6. The number of carbonyl (C=O) groups excluding carboxylic acids is 1. The summed E-state index contributed by atoms with van der Waals surface area (Å²) in [5, 5.41) is 2.93. The van der Waals surface area contributed by atoms with Crippen LogP contribution in [0.25, 0.3) is 0 Å². The standard InChI is InChI=1S/C14H19NO4/c1-5-18-13(16)8-19-14-10(3)6-9(2)12(7-15-17)11(14)4/h6H,5,7-8H2,1-4H3. The third-order valence-corrected chi connectivity index (χ3v) is 2.92. The molecule has 19 heavy (non-hydrogen) atoms. The summed E-state index contributed by atoms with van der Waals surface area (Å²) in [5.74, 6) is 0.217. The lowest BCUT2D eigenvalue weighted by Gasteiger charge is -2.16. The second kappa shape index (κ2) is 6.87. The van der Waals surface area contributed by atoms with Crippen LogP contribution in [-0.2, 0) is 16.1 Å². The Bertz CT molecular complexity index is 483. The van der Waals surface area contributed by atoms with Gasteiger partial charge < -0.3 is 9.47 Å². The van der Waals surface area contributed by atoms with Gasteiger partial charge in [-0.15, -0.1) is 0 Å². The number of hydrogen-bond acceptors (Lipinski definition) is 5. The van der Waals surface area contributed by atoms with Gasteiger partial charge in [-0.2, -0.15) is 4.91 Å². The molecule has 0 saturated carbocycles. The van der Waals surface area contributed by atoms with Crippen molar-refractivity contribution in [1.82, 2.24) is 0 Å². The van der Waals surface area contributed by atoms with Crippen molar-refractivity contribution in [1.29, 1.82) is 0 Å². The number of benzene rings is 1. The lowest BCUT2D eigenvalue weighted by atomic mass is 9.98. The molecule has 0 radical (unpaired) electrons. The molecule has 0 saturated heterocycles. The maximum Gasteiger partial charge on any atom is 0.344 e. The van der Waals surface area contributed by atoms with Crippen LogP contribution in [0.1, 0.15) is 29.2 Å². The van der Waals surface area contributed by atoms with Crippen LogP contribution in [0.15, 0.2) is 11.2 Å². The number of hydrogen-bond donors (Lipinski definition) is 0. The Morgan fingerprint density at radius 1 is 1.26 bits per heavy atom. The molecule has 1 rings (SSSR count). The average molecular weight is 265 g/mol. The first kappa shape index (κ1) is 15.1. The Morgan fingerprint density at radius 2 is 1.95 bits per heavy atom. The van der Waals surface area contributed by atoms with Crippen LogP contribution in [0, 0.1) is 25.7 Å². The van der Waals surface area contributed by atoms with Crippen molar-refractivity contribution < 1.29 is 14.3 Å². The van der Waals surface area contributed by atoms with E-state index in [0.29, 0.717) is 12.4 Å². The van der Waals surface area contributed by atoms with Crippen LogP contribution in [0.5, 0.6) is 5.75 Å². The normalized spacial score (nSPS) is 10.1. The number of nitrogens with zero attached hydrogens (tertiary/aromatic N) is 1. The summed E-state index contributed by atoms with van der Waals surface area (Å²) in [6.07, 6.45) is 0. The van der Waals surface area contributed by atoms with Gasteiger partial charge in [0.1, 0.15) is 12.3 Å². The van der Waals surface area contributed by atoms with Gasteiger partial charge >= 0.3 is 5.97 Å². The van der Waals surface area contributed by atoms with E-state index in [1.807, 2.05) is 26.8 Å². The number of aryl methyl sites for hydroxylation is 2. The minimum atomic E-state index is -0.406. The molecule has 104 valence electrons. The van der Waals surface area contributed by atoms with Crippen LogP contribution in [0.4, 0.5) is 0 Å². The number of ether oxygens (including phenoxy) is 2. The van der Waals surface area contributed by atoms with Gasteiger partial charge in [0.05, 0.1) is 6.61 Å².